The van der Waals surface area contributed by atoms with Gasteiger partial charge in [-0.05, 0) is 62.6 Å². The molecule has 2 aliphatic rings. The van der Waals surface area contributed by atoms with Crippen molar-refractivity contribution in [1.82, 2.24) is 20.0 Å². The van der Waals surface area contributed by atoms with Crippen molar-refractivity contribution >= 4 is 5.91 Å². The highest BCUT2D eigenvalue weighted by Crippen LogP contribution is 2.39. The van der Waals surface area contributed by atoms with Crippen LogP contribution in [0.1, 0.15) is 38.2 Å². The standard InChI is InChI=1S/C21H28N4O/c1-16(18-7-8-18)24(19-9-10-19)15-21(26)22-12-11-17-13-23-25(14-17)20-5-3-2-4-6-20/h2-6,13-14,16,18-19H,7-12,15H2,1H3,(H,22,26). The molecule has 2 aromatic rings. The number of amides is 1. The molecule has 0 radical (unpaired) electrons. The monoisotopic (exact) mass is 352 g/mol. The Morgan fingerprint density at radius 1 is 1.27 bits per heavy atom. The molecule has 0 aliphatic heterocycles. The fourth-order valence-electron chi connectivity index (χ4n) is 3.64. The molecule has 1 aromatic heterocycles. The zero-order valence-electron chi connectivity index (χ0n) is 15.5. The van der Waals surface area contributed by atoms with Crippen molar-refractivity contribution in [2.24, 2.45) is 5.92 Å². The van der Waals surface area contributed by atoms with Gasteiger partial charge in [-0.2, -0.15) is 5.10 Å². The Balaban J connectivity index is 1.24. The lowest BCUT2D eigenvalue weighted by Gasteiger charge is -2.28. The number of para-hydroxylation sites is 1. The van der Waals surface area contributed by atoms with E-state index in [1.807, 2.05) is 47.4 Å². The predicted molar refractivity (Wildman–Crippen MR) is 102 cm³/mol. The van der Waals surface area contributed by atoms with Crippen molar-refractivity contribution in [2.45, 2.75) is 51.1 Å². The van der Waals surface area contributed by atoms with Crippen LogP contribution < -0.4 is 5.32 Å². The highest BCUT2D eigenvalue weighted by molar-refractivity contribution is 5.78. The maximum absolute atomic E-state index is 12.4. The van der Waals surface area contributed by atoms with E-state index >= 15 is 0 Å². The van der Waals surface area contributed by atoms with Crippen LogP contribution in [-0.2, 0) is 11.2 Å². The van der Waals surface area contributed by atoms with E-state index < -0.39 is 0 Å². The normalized spacial score (nSPS) is 18.1. The molecule has 1 atom stereocenters. The highest BCUT2D eigenvalue weighted by Gasteiger charge is 2.39. The van der Waals surface area contributed by atoms with Gasteiger partial charge < -0.3 is 5.32 Å². The summed E-state index contributed by atoms with van der Waals surface area (Å²) in [7, 11) is 0. The largest absolute Gasteiger partial charge is 0.355 e. The van der Waals surface area contributed by atoms with Gasteiger partial charge in [0.05, 0.1) is 18.4 Å². The molecule has 5 heteroatoms. The first kappa shape index (κ1) is 17.3. The lowest BCUT2D eigenvalue weighted by molar-refractivity contribution is -0.123. The van der Waals surface area contributed by atoms with Crippen LogP contribution in [0.25, 0.3) is 5.69 Å². The first-order chi connectivity index (χ1) is 12.7. The molecule has 26 heavy (non-hydrogen) atoms. The maximum atomic E-state index is 12.4. The minimum Gasteiger partial charge on any atom is -0.355 e. The number of benzene rings is 1. The quantitative estimate of drug-likeness (QED) is 0.755. The first-order valence-corrected chi connectivity index (χ1v) is 9.82. The van der Waals surface area contributed by atoms with Crippen LogP contribution in [0.3, 0.4) is 0 Å². The third kappa shape index (κ3) is 4.33. The van der Waals surface area contributed by atoms with E-state index in [2.05, 4.69) is 22.2 Å². The van der Waals surface area contributed by atoms with Gasteiger partial charge in [-0.25, -0.2) is 4.68 Å². The molecule has 1 heterocycles. The van der Waals surface area contributed by atoms with Gasteiger partial charge in [-0.3, -0.25) is 9.69 Å². The third-order valence-electron chi connectivity index (χ3n) is 5.56. The SMILES string of the molecule is CC(C1CC1)N(CC(=O)NCCc1cnn(-c2ccccc2)c1)C1CC1. The summed E-state index contributed by atoms with van der Waals surface area (Å²) >= 11 is 0. The summed E-state index contributed by atoms with van der Waals surface area (Å²) in [5, 5.41) is 7.50. The predicted octanol–water partition coefficient (Wildman–Crippen LogP) is 2.79. The van der Waals surface area contributed by atoms with Gasteiger partial charge >= 0.3 is 0 Å². The van der Waals surface area contributed by atoms with Gasteiger partial charge in [0.1, 0.15) is 0 Å². The Morgan fingerprint density at radius 2 is 2.04 bits per heavy atom. The summed E-state index contributed by atoms with van der Waals surface area (Å²) in [6, 6.07) is 11.3. The summed E-state index contributed by atoms with van der Waals surface area (Å²) in [5.74, 6) is 0.965. The molecule has 0 saturated heterocycles. The number of carbonyl (C=O) groups excluding carboxylic acids is 1. The topological polar surface area (TPSA) is 50.2 Å². The molecule has 2 saturated carbocycles. The molecule has 2 aliphatic carbocycles. The number of nitrogens with zero attached hydrogens (tertiary/aromatic N) is 3. The first-order valence-electron chi connectivity index (χ1n) is 9.82. The van der Waals surface area contributed by atoms with Crippen LogP contribution >= 0.6 is 0 Å². The molecule has 1 aromatic carbocycles. The molecule has 1 amide bonds. The van der Waals surface area contributed by atoms with Crippen LogP contribution in [0, 0.1) is 5.92 Å². The Bertz CT molecular complexity index is 733. The maximum Gasteiger partial charge on any atom is 0.234 e. The number of aromatic nitrogens is 2. The fourth-order valence-corrected chi connectivity index (χ4v) is 3.64. The third-order valence-corrected chi connectivity index (χ3v) is 5.56. The van der Waals surface area contributed by atoms with Crippen LogP contribution in [0.15, 0.2) is 42.7 Å². The van der Waals surface area contributed by atoms with Gasteiger partial charge in [0.2, 0.25) is 5.91 Å². The lowest BCUT2D eigenvalue weighted by atomic mass is 10.1. The minimum atomic E-state index is 0.153. The van der Waals surface area contributed by atoms with E-state index in [9.17, 15) is 4.79 Å². The Morgan fingerprint density at radius 3 is 2.73 bits per heavy atom. The summed E-state index contributed by atoms with van der Waals surface area (Å²) in [6.45, 7) is 3.50. The highest BCUT2D eigenvalue weighted by atomic mass is 16.2. The number of rotatable bonds is 9. The zero-order valence-corrected chi connectivity index (χ0v) is 15.5. The van der Waals surface area contributed by atoms with Crippen molar-refractivity contribution in [1.29, 1.82) is 0 Å². The second kappa shape index (κ2) is 7.62. The molecule has 1 unspecified atom stereocenters. The molecule has 1 N–H and O–H groups in total. The Kier molecular flexibility index (Phi) is 5.07. The molecular weight excluding hydrogens is 324 g/mol. The van der Waals surface area contributed by atoms with E-state index in [0.717, 1.165) is 23.6 Å². The van der Waals surface area contributed by atoms with Crippen LogP contribution in [-0.4, -0.2) is 45.8 Å². The van der Waals surface area contributed by atoms with Gasteiger partial charge in [-0.15, -0.1) is 0 Å². The van der Waals surface area contributed by atoms with Crippen molar-refractivity contribution in [3.05, 3.63) is 48.3 Å². The molecule has 0 spiro atoms. The smallest absolute Gasteiger partial charge is 0.234 e. The molecular formula is C21H28N4O. The van der Waals surface area contributed by atoms with Gasteiger partial charge in [0, 0.05) is 24.8 Å². The van der Waals surface area contributed by atoms with E-state index in [1.165, 1.54) is 25.7 Å². The van der Waals surface area contributed by atoms with Crippen molar-refractivity contribution < 1.29 is 4.79 Å². The molecule has 5 nitrogen and oxygen atoms in total. The van der Waals surface area contributed by atoms with E-state index in [1.54, 1.807) is 0 Å². The van der Waals surface area contributed by atoms with Gasteiger partial charge in [0.15, 0.2) is 0 Å². The summed E-state index contributed by atoms with van der Waals surface area (Å²) < 4.78 is 1.88. The summed E-state index contributed by atoms with van der Waals surface area (Å²) in [6.07, 6.45) is 9.89. The van der Waals surface area contributed by atoms with Crippen molar-refractivity contribution in [2.75, 3.05) is 13.1 Å². The van der Waals surface area contributed by atoms with Crippen LogP contribution in [0.2, 0.25) is 0 Å². The van der Waals surface area contributed by atoms with E-state index in [4.69, 9.17) is 0 Å². The van der Waals surface area contributed by atoms with Gasteiger partial charge in [0.25, 0.3) is 0 Å². The van der Waals surface area contributed by atoms with E-state index in [0.29, 0.717) is 25.2 Å². The van der Waals surface area contributed by atoms with Crippen molar-refractivity contribution in [3.8, 4) is 5.69 Å². The number of hydrogen-bond donors (Lipinski definition) is 1. The van der Waals surface area contributed by atoms with Crippen LogP contribution in [0.5, 0.6) is 0 Å². The van der Waals surface area contributed by atoms with Gasteiger partial charge in [-0.1, -0.05) is 18.2 Å². The fraction of sp³-hybridized carbons (Fsp3) is 0.524. The van der Waals surface area contributed by atoms with Crippen LogP contribution in [0.4, 0.5) is 0 Å². The minimum absolute atomic E-state index is 0.153. The average molecular weight is 352 g/mol. The number of hydrogen-bond acceptors (Lipinski definition) is 3. The number of carbonyl (C=O) groups is 1. The Hall–Kier alpha value is -2.14. The molecule has 4 rings (SSSR count). The summed E-state index contributed by atoms with van der Waals surface area (Å²) in [5.41, 5.74) is 2.19. The lowest BCUT2D eigenvalue weighted by Crippen LogP contribution is -2.44. The Labute approximate surface area is 155 Å². The second-order valence-electron chi connectivity index (χ2n) is 7.71. The number of nitrogens with one attached hydrogen (secondary N) is 1. The average Bonchev–Trinajstić information content (AvgIpc) is 3.58. The van der Waals surface area contributed by atoms with Crippen molar-refractivity contribution in [3.63, 3.8) is 0 Å². The molecule has 0 bridgehead atoms. The van der Waals surface area contributed by atoms with E-state index in [-0.39, 0.29) is 5.91 Å². The summed E-state index contributed by atoms with van der Waals surface area (Å²) in [4.78, 5) is 14.8. The zero-order chi connectivity index (χ0) is 17.9. The molecule has 2 fully saturated rings. The molecule has 138 valence electrons. The second-order valence-corrected chi connectivity index (χ2v) is 7.71.